The summed E-state index contributed by atoms with van der Waals surface area (Å²) in [5, 5.41) is 4.64. The van der Waals surface area contributed by atoms with E-state index in [2.05, 4.69) is 15.4 Å². The Kier molecular flexibility index (Phi) is 10.5. The summed E-state index contributed by atoms with van der Waals surface area (Å²) >= 11 is 0. The largest absolute Gasteiger partial charge is 0.467 e. The summed E-state index contributed by atoms with van der Waals surface area (Å²) in [4.78, 5) is 70.4. The third-order valence-electron chi connectivity index (χ3n) is 4.17. The molecule has 0 aromatic carbocycles. The Hall–Kier alpha value is -3.42. The molecular weight excluding hydrogens is 448 g/mol. The van der Waals surface area contributed by atoms with Crippen molar-refractivity contribution in [2.45, 2.75) is 71.3 Å². The van der Waals surface area contributed by atoms with E-state index in [9.17, 15) is 28.8 Å². The fourth-order valence-corrected chi connectivity index (χ4v) is 2.95. The Labute approximate surface area is 189 Å². The smallest absolute Gasteiger partial charge is 0.328 e. The lowest BCUT2D eigenvalue weighted by molar-refractivity contribution is -0.255. The van der Waals surface area contributed by atoms with E-state index in [1.54, 1.807) is 0 Å². The van der Waals surface area contributed by atoms with E-state index < -0.39 is 79.2 Å². The van der Waals surface area contributed by atoms with Crippen molar-refractivity contribution in [3.8, 4) is 0 Å². The maximum Gasteiger partial charge on any atom is 0.328 e. The maximum atomic E-state index is 12.4. The van der Waals surface area contributed by atoms with E-state index in [4.69, 9.17) is 23.7 Å². The minimum atomic E-state index is -1.47. The van der Waals surface area contributed by atoms with Crippen LogP contribution in [0.15, 0.2) is 0 Å². The summed E-state index contributed by atoms with van der Waals surface area (Å²) in [5.74, 6) is -3.83. The van der Waals surface area contributed by atoms with E-state index in [0.29, 0.717) is 0 Å². The molecule has 186 valence electrons. The van der Waals surface area contributed by atoms with Crippen molar-refractivity contribution in [1.82, 2.24) is 10.6 Å². The second-order valence-electron chi connectivity index (χ2n) is 6.98. The first-order valence-electron chi connectivity index (χ1n) is 9.81. The van der Waals surface area contributed by atoms with Gasteiger partial charge in [-0.05, 0) is 6.92 Å². The van der Waals surface area contributed by atoms with Crippen LogP contribution in [0.5, 0.6) is 0 Å². The molecule has 6 atom stereocenters. The number of amides is 2. The van der Waals surface area contributed by atoms with Crippen LogP contribution >= 0.6 is 0 Å². The predicted octanol–water partition coefficient (Wildman–Crippen LogP) is -1.07. The molecule has 2 amide bonds. The summed E-state index contributed by atoms with van der Waals surface area (Å²) in [7, 11) is 1.14. The number of urea groups is 1. The molecule has 1 aliphatic rings. The van der Waals surface area contributed by atoms with Gasteiger partial charge in [0.1, 0.15) is 18.8 Å². The Bertz CT molecular complexity index is 770. The van der Waals surface area contributed by atoms with E-state index in [1.807, 2.05) is 0 Å². The van der Waals surface area contributed by atoms with Crippen LogP contribution in [-0.4, -0.2) is 86.3 Å². The summed E-state index contributed by atoms with van der Waals surface area (Å²) in [6, 6.07) is -1.96. The number of hydrogen-bond acceptors (Lipinski definition) is 12. The highest BCUT2D eigenvalue weighted by atomic mass is 16.7. The molecule has 1 rings (SSSR count). The first-order chi connectivity index (χ1) is 15.3. The summed E-state index contributed by atoms with van der Waals surface area (Å²) in [6.07, 6.45) is -6.95. The minimum Gasteiger partial charge on any atom is -0.467 e. The van der Waals surface area contributed by atoms with Crippen LogP contribution < -0.4 is 10.6 Å². The van der Waals surface area contributed by atoms with Gasteiger partial charge in [-0.2, -0.15) is 0 Å². The topological polar surface area (TPSA) is 182 Å². The molecule has 0 bridgehead atoms. The maximum absolute atomic E-state index is 12.4. The van der Waals surface area contributed by atoms with Crippen LogP contribution in [0.2, 0.25) is 0 Å². The van der Waals surface area contributed by atoms with E-state index in [1.165, 1.54) is 6.92 Å². The van der Waals surface area contributed by atoms with Gasteiger partial charge in [-0.25, -0.2) is 9.59 Å². The van der Waals surface area contributed by atoms with Crippen molar-refractivity contribution in [2.75, 3.05) is 13.7 Å². The summed E-state index contributed by atoms with van der Waals surface area (Å²) in [5.41, 5.74) is 0. The molecule has 1 fully saturated rings. The Morgan fingerprint density at radius 2 is 1.33 bits per heavy atom. The van der Waals surface area contributed by atoms with Gasteiger partial charge in [0.25, 0.3) is 0 Å². The third-order valence-corrected chi connectivity index (χ3v) is 4.17. The molecular formula is C19H28N2O12. The molecule has 14 nitrogen and oxygen atoms in total. The number of carbonyl (C=O) groups is 6. The number of methoxy groups -OCH3 is 1. The van der Waals surface area contributed by atoms with Crippen molar-refractivity contribution in [2.24, 2.45) is 0 Å². The first kappa shape index (κ1) is 27.6. The van der Waals surface area contributed by atoms with Crippen LogP contribution in [-0.2, 0) is 52.4 Å². The van der Waals surface area contributed by atoms with Crippen LogP contribution in [0.25, 0.3) is 0 Å². The van der Waals surface area contributed by atoms with Crippen molar-refractivity contribution in [3.05, 3.63) is 0 Å². The normalized spacial score (nSPS) is 25.0. The van der Waals surface area contributed by atoms with Crippen LogP contribution in [0.1, 0.15) is 34.6 Å². The van der Waals surface area contributed by atoms with Crippen molar-refractivity contribution < 1.29 is 57.2 Å². The Morgan fingerprint density at radius 3 is 1.82 bits per heavy atom. The molecule has 1 heterocycles. The molecule has 1 aliphatic heterocycles. The average Bonchev–Trinajstić information content (AvgIpc) is 2.69. The van der Waals surface area contributed by atoms with Gasteiger partial charge in [0, 0.05) is 27.7 Å². The number of hydrogen-bond donors (Lipinski definition) is 2. The van der Waals surface area contributed by atoms with Crippen LogP contribution in [0.3, 0.4) is 0 Å². The second-order valence-corrected chi connectivity index (χ2v) is 6.98. The zero-order valence-electron chi connectivity index (χ0n) is 19.1. The first-order valence-corrected chi connectivity index (χ1v) is 9.81. The van der Waals surface area contributed by atoms with Crippen LogP contribution in [0, 0.1) is 0 Å². The van der Waals surface area contributed by atoms with Gasteiger partial charge in [-0.1, -0.05) is 0 Å². The predicted molar refractivity (Wildman–Crippen MR) is 105 cm³/mol. The van der Waals surface area contributed by atoms with Gasteiger partial charge in [-0.3, -0.25) is 19.2 Å². The highest BCUT2D eigenvalue weighted by Crippen LogP contribution is 2.28. The van der Waals surface area contributed by atoms with Gasteiger partial charge in [0.2, 0.25) is 0 Å². The molecule has 0 saturated carbocycles. The number of esters is 5. The van der Waals surface area contributed by atoms with Gasteiger partial charge in [0.15, 0.2) is 24.5 Å². The SMILES string of the molecule is COC(=O)[C@H](C)NC(=O)N[C@@H]1OC(COC(C)=O)[C@@H](OC(C)=O)[C@H](OC(C)=O)C1OC(C)=O. The fourth-order valence-electron chi connectivity index (χ4n) is 2.95. The lowest BCUT2D eigenvalue weighted by Gasteiger charge is -2.44. The molecule has 0 aliphatic carbocycles. The molecule has 0 aromatic heterocycles. The van der Waals surface area contributed by atoms with Crippen LogP contribution in [0.4, 0.5) is 4.79 Å². The van der Waals surface area contributed by atoms with E-state index in [-0.39, 0.29) is 0 Å². The zero-order chi connectivity index (χ0) is 25.3. The lowest BCUT2D eigenvalue weighted by atomic mass is 9.97. The van der Waals surface area contributed by atoms with Crippen molar-refractivity contribution >= 4 is 35.9 Å². The molecule has 33 heavy (non-hydrogen) atoms. The molecule has 2 unspecified atom stereocenters. The standard InChI is InChI=1S/C19H28N2O12/c1-8(18(26)28-6)20-19(27)21-17-16(32-12(5)25)15(31-11(4)24)14(30-10(3)23)13(33-17)7-29-9(2)22/h8,13-17H,7H2,1-6H3,(H2,20,21,27)/t8-,13?,14+,15-,16?,17+/m0/s1. The number of rotatable bonds is 8. The fraction of sp³-hybridized carbons (Fsp3) is 0.684. The van der Waals surface area contributed by atoms with Gasteiger partial charge < -0.3 is 39.1 Å². The Morgan fingerprint density at radius 1 is 0.818 bits per heavy atom. The van der Waals surface area contributed by atoms with Crippen molar-refractivity contribution in [3.63, 3.8) is 0 Å². The van der Waals surface area contributed by atoms with Gasteiger partial charge in [0.05, 0.1) is 7.11 Å². The quantitative estimate of drug-likeness (QED) is 0.320. The average molecular weight is 476 g/mol. The molecule has 2 N–H and O–H groups in total. The summed E-state index contributed by atoms with van der Waals surface area (Å²) < 4.78 is 30.8. The number of ether oxygens (including phenoxy) is 6. The van der Waals surface area contributed by atoms with Crippen molar-refractivity contribution in [1.29, 1.82) is 0 Å². The second kappa shape index (κ2) is 12.6. The van der Waals surface area contributed by atoms with Gasteiger partial charge >= 0.3 is 35.9 Å². The summed E-state index contributed by atoms with van der Waals surface area (Å²) in [6.45, 7) is 5.26. The minimum absolute atomic E-state index is 0.448. The van der Waals surface area contributed by atoms with Gasteiger partial charge in [-0.15, -0.1) is 0 Å². The molecule has 0 spiro atoms. The van der Waals surface area contributed by atoms with E-state index >= 15 is 0 Å². The molecule has 1 saturated heterocycles. The number of carbonyl (C=O) groups excluding carboxylic acids is 6. The highest BCUT2D eigenvalue weighted by Gasteiger charge is 2.52. The highest BCUT2D eigenvalue weighted by molar-refractivity contribution is 5.83. The molecule has 14 heteroatoms. The zero-order valence-corrected chi connectivity index (χ0v) is 19.1. The monoisotopic (exact) mass is 476 g/mol. The molecule has 0 aromatic rings. The number of nitrogens with one attached hydrogen (secondary N) is 2. The third kappa shape index (κ3) is 8.92. The lowest BCUT2D eigenvalue weighted by Crippen LogP contribution is -2.67. The van der Waals surface area contributed by atoms with E-state index in [0.717, 1.165) is 34.8 Å². The Balaban J connectivity index is 3.28. The molecule has 0 radical (unpaired) electrons.